The molecule has 1 aromatic carbocycles. The molecule has 0 heterocycles. The highest BCUT2D eigenvalue weighted by Crippen LogP contribution is 2.28. The van der Waals surface area contributed by atoms with Gasteiger partial charge >= 0.3 is 18.3 Å². The molecule has 1 amide bonds. The minimum absolute atomic E-state index is 0.0672. The SMILES string of the molecule is N#CCOc1ccccc1NC(=O)C(F)(F)C(F)F. The third-order valence-electron chi connectivity index (χ3n) is 2.00. The number of nitrogens with one attached hydrogen (secondary N) is 1. The maximum absolute atomic E-state index is 12.8. The van der Waals surface area contributed by atoms with Crippen molar-refractivity contribution >= 4 is 11.6 Å². The molecule has 102 valence electrons. The number of para-hydroxylation sites is 2. The van der Waals surface area contributed by atoms with E-state index < -0.39 is 18.3 Å². The summed E-state index contributed by atoms with van der Waals surface area (Å²) in [6, 6.07) is 6.98. The highest BCUT2D eigenvalue weighted by atomic mass is 19.3. The summed E-state index contributed by atoms with van der Waals surface area (Å²) < 4.78 is 54.3. The Morgan fingerprint density at radius 3 is 2.63 bits per heavy atom. The van der Waals surface area contributed by atoms with Gasteiger partial charge in [-0.1, -0.05) is 12.1 Å². The molecule has 19 heavy (non-hydrogen) atoms. The number of nitriles is 1. The van der Waals surface area contributed by atoms with E-state index in [9.17, 15) is 22.4 Å². The summed E-state index contributed by atoms with van der Waals surface area (Å²) in [4.78, 5) is 11.0. The van der Waals surface area contributed by atoms with Crippen LogP contribution in [-0.4, -0.2) is 24.9 Å². The average molecular weight is 276 g/mol. The Kier molecular flexibility index (Phi) is 4.69. The van der Waals surface area contributed by atoms with Crippen LogP contribution in [0.3, 0.4) is 0 Å². The molecule has 1 N–H and O–H groups in total. The van der Waals surface area contributed by atoms with Crippen LogP contribution in [-0.2, 0) is 4.79 Å². The van der Waals surface area contributed by atoms with E-state index in [1.165, 1.54) is 24.3 Å². The van der Waals surface area contributed by atoms with Crippen molar-refractivity contribution in [3.8, 4) is 11.8 Å². The van der Waals surface area contributed by atoms with Crippen LogP contribution in [0.1, 0.15) is 0 Å². The summed E-state index contributed by atoms with van der Waals surface area (Å²) in [5.41, 5.74) is -0.219. The number of rotatable bonds is 5. The van der Waals surface area contributed by atoms with Gasteiger partial charge in [0.1, 0.15) is 11.8 Å². The van der Waals surface area contributed by atoms with E-state index in [-0.39, 0.29) is 18.0 Å². The number of benzene rings is 1. The van der Waals surface area contributed by atoms with Crippen LogP contribution in [0.5, 0.6) is 5.75 Å². The molecule has 0 saturated carbocycles. The number of ether oxygens (including phenoxy) is 1. The Hall–Kier alpha value is -2.30. The molecule has 0 aliphatic heterocycles. The molecule has 8 heteroatoms. The average Bonchev–Trinajstić information content (AvgIpc) is 2.37. The van der Waals surface area contributed by atoms with Gasteiger partial charge in [-0.15, -0.1) is 0 Å². The van der Waals surface area contributed by atoms with E-state index in [2.05, 4.69) is 0 Å². The number of carbonyl (C=O) groups excluding carboxylic acids is 1. The summed E-state index contributed by atoms with van der Waals surface area (Å²) in [5, 5.41) is 9.96. The Morgan fingerprint density at radius 1 is 1.42 bits per heavy atom. The highest BCUT2D eigenvalue weighted by Gasteiger charge is 2.49. The topological polar surface area (TPSA) is 62.1 Å². The Bertz CT molecular complexity index is 500. The smallest absolute Gasteiger partial charge is 0.383 e. The van der Waals surface area contributed by atoms with Crippen molar-refractivity contribution < 1.29 is 27.1 Å². The lowest BCUT2D eigenvalue weighted by atomic mass is 10.2. The van der Waals surface area contributed by atoms with E-state index in [0.717, 1.165) is 0 Å². The minimum atomic E-state index is -4.80. The number of hydrogen-bond donors (Lipinski definition) is 1. The van der Waals surface area contributed by atoms with E-state index in [1.807, 2.05) is 0 Å². The first-order valence-corrected chi connectivity index (χ1v) is 4.95. The van der Waals surface area contributed by atoms with Crippen molar-refractivity contribution in [1.82, 2.24) is 0 Å². The van der Waals surface area contributed by atoms with Crippen molar-refractivity contribution in [2.45, 2.75) is 12.3 Å². The van der Waals surface area contributed by atoms with Gasteiger partial charge in [-0.25, -0.2) is 8.78 Å². The van der Waals surface area contributed by atoms with Crippen LogP contribution >= 0.6 is 0 Å². The monoisotopic (exact) mass is 276 g/mol. The molecule has 0 fully saturated rings. The zero-order valence-electron chi connectivity index (χ0n) is 9.37. The van der Waals surface area contributed by atoms with Gasteiger partial charge in [0.15, 0.2) is 6.61 Å². The van der Waals surface area contributed by atoms with Gasteiger partial charge < -0.3 is 10.1 Å². The second-order valence-corrected chi connectivity index (χ2v) is 3.32. The molecule has 0 saturated heterocycles. The first-order valence-electron chi connectivity index (χ1n) is 4.95. The number of anilines is 1. The Labute approximate surface area is 105 Å². The van der Waals surface area contributed by atoms with Crippen molar-refractivity contribution in [3.63, 3.8) is 0 Å². The molecule has 0 radical (unpaired) electrons. The lowest BCUT2D eigenvalue weighted by Crippen LogP contribution is -2.41. The molecule has 0 aliphatic rings. The maximum atomic E-state index is 12.8. The number of nitrogens with zero attached hydrogens (tertiary/aromatic N) is 1. The summed E-state index contributed by atoms with van der Waals surface area (Å²) in [7, 11) is 0. The number of halogens is 4. The zero-order chi connectivity index (χ0) is 14.5. The number of alkyl halides is 4. The summed E-state index contributed by atoms with van der Waals surface area (Å²) in [6.07, 6.45) is -4.11. The van der Waals surface area contributed by atoms with E-state index in [1.54, 1.807) is 11.4 Å². The quantitative estimate of drug-likeness (QED) is 0.840. The third kappa shape index (κ3) is 3.58. The predicted octanol–water partition coefficient (Wildman–Crippen LogP) is 2.43. The molecule has 0 spiro atoms. The van der Waals surface area contributed by atoms with E-state index >= 15 is 0 Å². The van der Waals surface area contributed by atoms with Gasteiger partial charge in [-0.3, -0.25) is 4.79 Å². The fourth-order valence-electron chi connectivity index (χ4n) is 1.11. The van der Waals surface area contributed by atoms with Crippen molar-refractivity contribution in [2.24, 2.45) is 0 Å². The van der Waals surface area contributed by atoms with Crippen LogP contribution in [0.2, 0.25) is 0 Å². The normalized spacial score (nSPS) is 10.9. The standard InChI is InChI=1S/C11H8F4N2O2/c12-9(13)11(14,15)10(18)17-7-3-1-2-4-8(7)19-6-5-16/h1-4,9H,6H2,(H,17,18). The molecule has 1 aromatic rings. The van der Waals surface area contributed by atoms with Gasteiger partial charge in [0.2, 0.25) is 0 Å². The van der Waals surface area contributed by atoms with Gasteiger partial charge in [0.05, 0.1) is 5.69 Å². The first kappa shape index (κ1) is 14.8. The second kappa shape index (κ2) is 6.04. The van der Waals surface area contributed by atoms with E-state index in [4.69, 9.17) is 10.00 Å². The van der Waals surface area contributed by atoms with Gasteiger partial charge in [-0.2, -0.15) is 14.0 Å². The summed E-state index contributed by atoms with van der Waals surface area (Å²) >= 11 is 0. The molecule has 0 bridgehead atoms. The lowest BCUT2D eigenvalue weighted by Gasteiger charge is -2.16. The molecule has 0 unspecified atom stereocenters. The molecule has 0 atom stereocenters. The highest BCUT2D eigenvalue weighted by molar-refractivity contribution is 5.97. The molecule has 1 rings (SSSR count). The Balaban J connectivity index is 2.88. The fraction of sp³-hybridized carbons (Fsp3) is 0.273. The maximum Gasteiger partial charge on any atom is 0.383 e. The van der Waals surface area contributed by atoms with Crippen LogP contribution in [0, 0.1) is 11.3 Å². The molecule has 4 nitrogen and oxygen atoms in total. The molecule has 0 aromatic heterocycles. The third-order valence-corrected chi connectivity index (χ3v) is 2.00. The van der Waals surface area contributed by atoms with Gasteiger partial charge in [-0.05, 0) is 12.1 Å². The van der Waals surface area contributed by atoms with Crippen molar-refractivity contribution in [3.05, 3.63) is 24.3 Å². The number of amides is 1. The molecular formula is C11H8F4N2O2. The predicted molar refractivity (Wildman–Crippen MR) is 57.1 cm³/mol. The largest absolute Gasteiger partial charge is 0.477 e. The summed E-state index contributed by atoms with van der Waals surface area (Å²) in [5.74, 6) is -7.01. The van der Waals surface area contributed by atoms with Crippen LogP contribution in [0.4, 0.5) is 23.2 Å². The first-order chi connectivity index (χ1) is 8.89. The van der Waals surface area contributed by atoms with Crippen molar-refractivity contribution in [1.29, 1.82) is 5.26 Å². The summed E-state index contributed by atoms with van der Waals surface area (Å²) in [6.45, 7) is -0.377. The van der Waals surface area contributed by atoms with Crippen LogP contribution < -0.4 is 10.1 Å². The molecule has 0 aliphatic carbocycles. The van der Waals surface area contributed by atoms with Gasteiger partial charge in [0, 0.05) is 0 Å². The number of hydrogen-bond acceptors (Lipinski definition) is 3. The van der Waals surface area contributed by atoms with Crippen LogP contribution in [0.15, 0.2) is 24.3 Å². The Morgan fingerprint density at radius 2 is 2.05 bits per heavy atom. The van der Waals surface area contributed by atoms with Gasteiger partial charge in [0.25, 0.3) is 0 Å². The van der Waals surface area contributed by atoms with E-state index in [0.29, 0.717) is 0 Å². The zero-order valence-corrected chi connectivity index (χ0v) is 9.37. The number of carbonyl (C=O) groups is 1. The fourth-order valence-corrected chi connectivity index (χ4v) is 1.11. The van der Waals surface area contributed by atoms with Crippen molar-refractivity contribution in [2.75, 3.05) is 11.9 Å². The minimum Gasteiger partial charge on any atom is -0.477 e. The molecular weight excluding hydrogens is 268 g/mol. The lowest BCUT2D eigenvalue weighted by molar-refractivity contribution is -0.163. The van der Waals surface area contributed by atoms with Crippen LogP contribution in [0.25, 0.3) is 0 Å². The second-order valence-electron chi connectivity index (χ2n) is 3.32.